The van der Waals surface area contributed by atoms with Gasteiger partial charge in [0.25, 0.3) is 5.91 Å². The first-order valence-corrected chi connectivity index (χ1v) is 6.73. The smallest absolute Gasteiger partial charge is 0.326 e. The number of likely N-dealkylation sites (tertiary alicyclic amines) is 1. The highest BCUT2D eigenvalue weighted by Crippen LogP contribution is 2.36. The van der Waals surface area contributed by atoms with Crippen LogP contribution in [0.2, 0.25) is 0 Å². The predicted molar refractivity (Wildman–Crippen MR) is 71.8 cm³/mol. The monoisotopic (exact) mass is 297 g/mol. The van der Waals surface area contributed by atoms with Gasteiger partial charge in [-0.3, -0.25) is 4.79 Å². The maximum Gasteiger partial charge on any atom is 0.326 e. The Morgan fingerprint density at radius 3 is 2.52 bits per heavy atom. The molecule has 1 unspecified atom stereocenters. The van der Waals surface area contributed by atoms with E-state index in [1.54, 1.807) is 13.8 Å². The Morgan fingerprint density at radius 1 is 1.29 bits per heavy atom. The number of nitrogens with zero attached hydrogens (tertiary/aromatic N) is 1. The molecule has 0 aromatic heterocycles. The number of carbonyl (C=O) groups excluding carboxylic acids is 1. The largest absolute Gasteiger partial charge is 0.480 e. The van der Waals surface area contributed by atoms with Gasteiger partial charge in [0.2, 0.25) is 0 Å². The third-order valence-electron chi connectivity index (χ3n) is 3.93. The van der Waals surface area contributed by atoms with Crippen LogP contribution in [0, 0.1) is 17.0 Å². The van der Waals surface area contributed by atoms with E-state index < -0.39 is 35.0 Å². The van der Waals surface area contributed by atoms with Gasteiger partial charge in [0.05, 0.1) is 0 Å². The lowest BCUT2D eigenvalue weighted by molar-refractivity contribution is -0.148. The number of carboxylic acid groups (broad SMARTS) is 1. The molecule has 1 aliphatic heterocycles. The standard InChI is InChI=1S/C15H17F2NO3/c1-15(2)6-3-7-18(12(15)14(20)21)13(19)9-4-5-10(16)11(17)8-9/h4-5,8,12H,3,6-7H2,1-2H3,(H,20,21). The van der Waals surface area contributed by atoms with Crippen molar-refractivity contribution in [1.82, 2.24) is 4.90 Å². The Morgan fingerprint density at radius 2 is 1.95 bits per heavy atom. The van der Waals surface area contributed by atoms with Crippen molar-refractivity contribution in [2.24, 2.45) is 5.41 Å². The van der Waals surface area contributed by atoms with E-state index in [9.17, 15) is 23.5 Å². The van der Waals surface area contributed by atoms with Gasteiger partial charge in [-0.05, 0) is 36.5 Å². The second-order valence-corrected chi connectivity index (χ2v) is 5.96. The topological polar surface area (TPSA) is 57.6 Å². The Hall–Kier alpha value is -1.98. The number of carboxylic acids is 1. The average molecular weight is 297 g/mol. The van der Waals surface area contributed by atoms with Crippen LogP contribution in [-0.2, 0) is 4.79 Å². The Labute approximate surface area is 121 Å². The number of hydrogen-bond donors (Lipinski definition) is 1. The molecule has 0 radical (unpaired) electrons. The van der Waals surface area contributed by atoms with E-state index in [0.29, 0.717) is 12.8 Å². The van der Waals surface area contributed by atoms with E-state index in [1.807, 2.05) is 0 Å². The summed E-state index contributed by atoms with van der Waals surface area (Å²) in [6, 6.07) is 1.86. The van der Waals surface area contributed by atoms with E-state index in [0.717, 1.165) is 12.1 Å². The number of hydrogen-bond acceptors (Lipinski definition) is 2. The Kier molecular flexibility index (Phi) is 3.98. The minimum atomic E-state index is -1.12. The molecule has 1 N–H and O–H groups in total. The third kappa shape index (κ3) is 2.89. The molecule has 1 aliphatic rings. The summed E-state index contributed by atoms with van der Waals surface area (Å²) in [5.41, 5.74) is -0.615. The number of benzene rings is 1. The SMILES string of the molecule is CC1(C)CCCN(C(=O)c2ccc(F)c(F)c2)C1C(=O)O. The summed E-state index contributed by atoms with van der Waals surface area (Å²) >= 11 is 0. The zero-order valence-corrected chi connectivity index (χ0v) is 11.9. The molecule has 1 fully saturated rings. The van der Waals surface area contributed by atoms with Crippen LogP contribution in [0.5, 0.6) is 0 Å². The van der Waals surface area contributed by atoms with E-state index in [4.69, 9.17) is 0 Å². The summed E-state index contributed by atoms with van der Waals surface area (Å²) in [6.45, 7) is 3.87. The Bertz CT molecular complexity index is 586. The van der Waals surface area contributed by atoms with Gasteiger partial charge in [-0.1, -0.05) is 13.8 Å². The van der Waals surface area contributed by atoms with Crippen LogP contribution in [0.25, 0.3) is 0 Å². The third-order valence-corrected chi connectivity index (χ3v) is 3.93. The molecule has 4 nitrogen and oxygen atoms in total. The van der Waals surface area contributed by atoms with E-state index in [1.165, 1.54) is 11.0 Å². The molecule has 0 saturated carbocycles. The van der Waals surface area contributed by atoms with Gasteiger partial charge in [-0.2, -0.15) is 0 Å². The van der Waals surface area contributed by atoms with Crippen molar-refractivity contribution in [1.29, 1.82) is 0 Å². The zero-order valence-electron chi connectivity index (χ0n) is 11.9. The second kappa shape index (κ2) is 5.42. The number of carbonyl (C=O) groups is 2. The van der Waals surface area contributed by atoms with Crippen LogP contribution in [0.1, 0.15) is 37.0 Å². The van der Waals surface area contributed by atoms with Crippen molar-refractivity contribution >= 4 is 11.9 Å². The number of piperidine rings is 1. The van der Waals surface area contributed by atoms with Crippen LogP contribution in [-0.4, -0.2) is 34.5 Å². The molecule has 114 valence electrons. The maximum atomic E-state index is 13.3. The van der Waals surface area contributed by atoms with Gasteiger partial charge >= 0.3 is 5.97 Å². The minimum absolute atomic E-state index is 0.0437. The van der Waals surface area contributed by atoms with E-state index in [2.05, 4.69) is 0 Å². The fraction of sp³-hybridized carbons (Fsp3) is 0.467. The van der Waals surface area contributed by atoms with Gasteiger partial charge in [-0.25, -0.2) is 13.6 Å². The predicted octanol–water partition coefficient (Wildman–Crippen LogP) is 2.68. The van der Waals surface area contributed by atoms with Crippen molar-refractivity contribution in [3.05, 3.63) is 35.4 Å². The molecule has 0 aliphatic carbocycles. The minimum Gasteiger partial charge on any atom is -0.480 e. The molecular weight excluding hydrogens is 280 g/mol. The van der Waals surface area contributed by atoms with Crippen LogP contribution in [0.4, 0.5) is 8.78 Å². The zero-order chi connectivity index (χ0) is 15.8. The van der Waals surface area contributed by atoms with E-state index in [-0.39, 0.29) is 12.1 Å². The first kappa shape index (κ1) is 15.4. The summed E-state index contributed by atoms with van der Waals surface area (Å²) in [7, 11) is 0. The van der Waals surface area contributed by atoms with Crippen LogP contribution in [0.3, 0.4) is 0 Å². The van der Waals surface area contributed by atoms with Crippen molar-refractivity contribution < 1.29 is 23.5 Å². The van der Waals surface area contributed by atoms with Gasteiger partial charge in [0.1, 0.15) is 6.04 Å². The lowest BCUT2D eigenvalue weighted by atomic mass is 9.76. The van der Waals surface area contributed by atoms with Crippen LogP contribution >= 0.6 is 0 Å². The highest BCUT2D eigenvalue weighted by Gasteiger charge is 2.44. The highest BCUT2D eigenvalue weighted by atomic mass is 19.2. The number of aliphatic carboxylic acids is 1. The molecule has 21 heavy (non-hydrogen) atoms. The highest BCUT2D eigenvalue weighted by molar-refractivity contribution is 5.97. The van der Waals surface area contributed by atoms with Crippen molar-refractivity contribution in [2.45, 2.75) is 32.7 Å². The lowest BCUT2D eigenvalue weighted by Gasteiger charge is -2.44. The molecule has 0 bridgehead atoms. The first-order chi connectivity index (χ1) is 9.74. The quantitative estimate of drug-likeness (QED) is 0.913. The molecule has 1 heterocycles. The molecule has 6 heteroatoms. The molecule has 1 aromatic rings. The summed E-state index contributed by atoms with van der Waals surface area (Å²) in [5.74, 6) is -3.84. The first-order valence-electron chi connectivity index (χ1n) is 6.73. The fourth-order valence-corrected chi connectivity index (χ4v) is 2.87. The molecule has 0 spiro atoms. The number of rotatable bonds is 2. The molecule has 1 amide bonds. The number of halogens is 2. The second-order valence-electron chi connectivity index (χ2n) is 5.96. The van der Waals surface area contributed by atoms with Gasteiger partial charge < -0.3 is 10.0 Å². The normalized spacial score (nSPS) is 21.1. The summed E-state index contributed by atoms with van der Waals surface area (Å²) in [6.07, 6.45) is 1.36. The van der Waals surface area contributed by atoms with Gasteiger partial charge in [0, 0.05) is 12.1 Å². The molecule has 1 atom stereocenters. The molecule has 1 saturated heterocycles. The van der Waals surface area contributed by atoms with Crippen LogP contribution < -0.4 is 0 Å². The molecule has 2 rings (SSSR count). The van der Waals surface area contributed by atoms with Gasteiger partial charge in [-0.15, -0.1) is 0 Å². The average Bonchev–Trinajstić information content (AvgIpc) is 2.39. The lowest BCUT2D eigenvalue weighted by Crippen LogP contribution is -2.56. The van der Waals surface area contributed by atoms with E-state index >= 15 is 0 Å². The van der Waals surface area contributed by atoms with Crippen molar-refractivity contribution in [3.8, 4) is 0 Å². The maximum absolute atomic E-state index is 13.3. The summed E-state index contributed by atoms with van der Waals surface area (Å²) in [5, 5.41) is 9.41. The number of amides is 1. The Balaban J connectivity index is 2.35. The van der Waals surface area contributed by atoms with Crippen molar-refractivity contribution in [3.63, 3.8) is 0 Å². The van der Waals surface area contributed by atoms with Crippen molar-refractivity contribution in [2.75, 3.05) is 6.54 Å². The van der Waals surface area contributed by atoms with Crippen LogP contribution in [0.15, 0.2) is 18.2 Å². The fourth-order valence-electron chi connectivity index (χ4n) is 2.87. The molecule has 1 aromatic carbocycles. The molecular formula is C15H17F2NO3. The summed E-state index contributed by atoms with van der Waals surface area (Å²) < 4.78 is 26.2. The summed E-state index contributed by atoms with van der Waals surface area (Å²) in [4.78, 5) is 25.2. The van der Waals surface area contributed by atoms with Gasteiger partial charge in [0.15, 0.2) is 11.6 Å².